The number of carbonyl (C=O) groups is 1. The third-order valence-corrected chi connectivity index (χ3v) is 5.66. The minimum absolute atomic E-state index is 0.186. The number of carbonyl (C=O) groups excluding carboxylic acids is 1. The van der Waals surface area contributed by atoms with Gasteiger partial charge in [-0.05, 0) is 48.4 Å². The second kappa shape index (κ2) is 8.70. The Hall–Kier alpha value is -2.87. The van der Waals surface area contributed by atoms with Gasteiger partial charge in [0.05, 0.1) is 18.6 Å². The molecule has 3 aromatic rings. The third kappa shape index (κ3) is 4.58. The maximum atomic E-state index is 13.4. The number of esters is 1. The van der Waals surface area contributed by atoms with Crippen LogP contribution in [0.25, 0.3) is 10.9 Å². The number of aryl methyl sites for hydroxylation is 1. The zero-order chi connectivity index (χ0) is 22.0. The van der Waals surface area contributed by atoms with E-state index < -0.39 is 11.7 Å². The number of alkyl halides is 3. The van der Waals surface area contributed by atoms with E-state index in [1.807, 2.05) is 16.7 Å². The number of aromatic nitrogens is 2. The van der Waals surface area contributed by atoms with E-state index in [4.69, 9.17) is 4.74 Å². The molecule has 2 aromatic heterocycles. The molecule has 164 valence electrons. The highest BCUT2D eigenvalue weighted by Gasteiger charge is 2.32. The zero-order valence-electron chi connectivity index (χ0n) is 17.3. The van der Waals surface area contributed by atoms with Crippen molar-refractivity contribution in [3.8, 4) is 0 Å². The summed E-state index contributed by atoms with van der Waals surface area (Å²) in [5.41, 5.74) is 3.10. The summed E-state index contributed by atoms with van der Waals surface area (Å²) in [7, 11) is 0. The molecule has 0 amide bonds. The Labute approximate surface area is 178 Å². The molecular formula is C23H24F3N3O2. The van der Waals surface area contributed by atoms with Gasteiger partial charge in [-0.2, -0.15) is 13.2 Å². The Balaban J connectivity index is 1.69. The number of nitrogens with zero attached hydrogens (tertiary/aromatic N) is 3. The quantitative estimate of drug-likeness (QED) is 0.537. The van der Waals surface area contributed by atoms with Crippen molar-refractivity contribution in [1.29, 1.82) is 0 Å². The van der Waals surface area contributed by atoms with Crippen LogP contribution in [0.2, 0.25) is 0 Å². The van der Waals surface area contributed by atoms with Gasteiger partial charge in [-0.3, -0.25) is 14.7 Å². The van der Waals surface area contributed by atoms with Gasteiger partial charge in [0.2, 0.25) is 0 Å². The summed E-state index contributed by atoms with van der Waals surface area (Å²) >= 11 is 0. The van der Waals surface area contributed by atoms with Gasteiger partial charge in [-0.1, -0.05) is 0 Å². The summed E-state index contributed by atoms with van der Waals surface area (Å²) in [4.78, 5) is 18.1. The van der Waals surface area contributed by atoms with Crippen molar-refractivity contribution >= 4 is 16.9 Å². The summed E-state index contributed by atoms with van der Waals surface area (Å²) in [6, 6.07) is 7.77. The summed E-state index contributed by atoms with van der Waals surface area (Å²) in [5.74, 6) is -0.305. The molecule has 0 aliphatic carbocycles. The van der Waals surface area contributed by atoms with E-state index in [0.29, 0.717) is 38.0 Å². The average Bonchev–Trinajstić information content (AvgIpc) is 3.05. The maximum absolute atomic E-state index is 13.4. The van der Waals surface area contributed by atoms with Crippen LogP contribution in [0.1, 0.15) is 35.7 Å². The molecule has 0 radical (unpaired) electrons. The molecule has 3 heterocycles. The first-order valence-corrected chi connectivity index (χ1v) is 10.3. The average molecular weight is 431 g/mol. The lowest BCUT2D eigenvalue weighted by Crippen LogP contribution is -2.30. The number of rotatable bonds is 6. The molecule has 0 atom stereocenters. The van der Waals surface area contributed by atoms with Crippen LogP contribution >= 0.6 is 0 Å². The van der Waals surface area contributed by atoms with E-state index in [0.717, 1.165) is 34.9 Å². The minimum Gasteiger partial charge on any atom is -0.466 e. The summed E-state index contributed by atoms with van der Waals surface area (Å²) < 4.78 is 47.1. The van der Waals surface area contributed by atoms with Crippen LogP contribution in [-0.2, 0) is 41.8 Å². The van der Waals surface area contributed by atoms with Gasteiger partial charge in [0.25, 0.3) is 0 Å². The molecule has 4 rings (SSSR count). The van der Waals surface area contributed by atoms with Crippen molar-refractivity contribution in [2.24, 2.45) is 0 Å². The van der Waals surface area contributed by atoms with Crippen LogP contribution in [0.15, 0.2) is 42.7 Å². The number of hydrogen-bond acceptors (Lipinski definition) is 4. The molecule has 1 aliphatic heterocycles. The zero-order valence-corrected chi connectivity index (χ0v) is 17.3. The lowest BCUT2D eigenvalue weighted by atomic mass is 10.0. The van der Waals surface area contributed by atoms with Gasteiger partial charge in [0.1, 0.15) is 0 Å². The van der Waals surface area contributed by atoms with Gasteiger partial charge in [-0.25, -0.2) is 0 Å². The molecular weight excluding hydrogens is 407 g/mol. The number of pyridine rings is 1. The molecule has 31 heavy (non-hydrogen) atoms. The largest absolute Gasteiger partial charge is 0.466 e. The van der Waals surface area contributed by atoms with Gasteiger partial charge in [0.15, 0.2) is 0 Å². The SMILES string of the molecule is CCOC(=O)CCn1c2c(c3cc(C(F)(F)F)ccc31)CN(Cc1ccncc1)CC2. The molecule has 0 spiro atoms. The topological polar surface area (TPSA) is 47.4 Å². The second-order valence-corrected chi connectivity index (χ2v) is 7.68. The van der Waals surface area contributed by atoms with Crippen LogP contribution in [0.3, 0.4) is 0 Å². The van der Waals surface area contributed by atoms with Crippen molar-refractivity contribution in [1.82, 2.24) is 14.5 Å². The van der Waals surface area contributed by atoms with Crippen LogP contribution in [0, 0.1) is 0 Å². The van der Waals surface area contributed by atoms with Crippen molar-refractivity contribution < 1.29 is 22.7 Å². The number of benzene rings is 1. The van der Waals surface area contributed by atoms with Gasteiger partial charge in [0, 0.05) is 61.6 Å². The highest BCUT2D eigenvalue weighted by atomic mass is 19.4. The number of fused-ring (bicyclic) bond motifs is 3. The molecule has 0 saturated heterocycles. The predicted molar refractivity (Wildman–Crippen MR) is 110 cm³/mol. The van der Waals surface area contributed by atoms with E-state index in [2.05, 4.69) is 9.88 Å². The van der Waals surface area contributed by atoms with Gasteiger partial charge in [-0.15, -0.1) is 0 Å². The van der Waals surface area contributed by atoms with Crippen molar-refractivity contribution in [3.05, 3.63) is 65.1 Å². The van der Waals surface area contributed by atoms with E-state index in [9.17, 15) is 18.0 Å². The molecule has 0 bridgehead atoms. The number of hydrogen-bond donors (Lipinski definition) is 0. The lowest BCUT2D eigenvalue weighted by molar-refractivity contribution is -0.143. The van der Waals surface area contributed by atoms with Crippen LogP contribution in [0.4, 0.5) is 13.2 Å². The Morgan fingerprint density at radius 2 is 1.97 bits per heavy atom. The molecule has 0 saturated carbocycles. The highest BCUT2D eigenvalue weighted by molar-refractivity contribution is 5.87. The lowest BCUT2D eigenvalue weighted by Gasteiger charge is -2.28. The Morgan fingerprint density at radius 1 is 1.19 bits per heavy atom. The van der Waals surface area contributed by atoms with Crippen molar-refractivity contribution in [3.63, 3.8) is 0 Å². The smallest absolute Gasteiger partial charge is 0.416 e. The van der Waals surface area contributed by atoms with E-state index in [1.54, 1.807) is 19.3 Å². The molecule has 1 aromatic carbocycles. The Kier molecular flexibility index (Phi) is 6.00. The molecule has 0 unspecified atom stereocenters. The highest BCUT2D eigenvalue weighted by Crippen LogP contribution is 2.36. The van der Waals surface area contributed by atoms with E-state index >= 15 is 0 Å². The first-order chi connectivity index (χ1) is 14.9. The van der Waals surface area contributed by atoms with Crippen molar-refractivity contribution in [2.45, 2.75) is 45.6 Å². The summed E-state index contributed by atoms with van der Waals surface area (Å²) in [6.07, 6.45) is -0.0340. The van der Waals surface area contributed by atoms with Crippen molar-refractivity contribution in [2.75, 3.05) is 13.2 Å². The Bertz CT molecular complexity index is 1080. The molecule has 0 N–H and O–H groups in total. The summed E-state index contributed by atoms with van der Waals surface area (Å²) in [5, 5.41) is 0.605. The van der Waals surface area contributed by atoms with E-state index in [-0.39, 0.29) is 12.4 Å². The standard InChI is InChI=1S/C23H24F3N3O2/c1-2-31-22(30)8-12-29-20-4-3-17(23(24,25)26)13-18(20)19-15-28(11-7-21(19)29)14-16-5-9-27-10-6-16/h3-6,9-10,13H,2,7-8,11-12,14-15H2,1H3. The van der Waals surface area contributed by atoms with Crippen LogP contribution in [-0.4, -0.2) is 33.6 Å². The molecule has 8 heteroatoms. The third-order valence-electron chi connectivity index (χ3n) is 5.66. The summed E-state index contributed by atoms with van der Waals surface area (Å²) in [6.45, 7) is 4.50. The fourth-order valence-electron chi connectivity index (χ4n) is 4.26. The fraction of sp³-hybridized carbons (Fsp3) is 0.391. The minimum atomic E-state index is -4.40. The molecule has 1 aliphatic rings. The molecule has 5 nitrogen and oxygen atoms in total. The maximum Gasteiger partial charge on any atom is 0.416 e. The van der Waals surface area contributed by atoms with Crippen LogP contribution < -0.4 is 0 Å². The van der Waals surface area contributed by atoms with Crippen LogP contribution in [0.5, 0.6) is 0 Å². The van der Waals surface area contributed by atoms with Gasteiger partial charge >= 0.3 is 12.1 Å². The Morgan fingerprint density at radius 3 is 2.68 bits per heavy atom. The normalized spacial score (nSPS) is 14.6. The van der Waals surface area contributed by atoms with Gasteiger partial charge < -0.3 is 9.30 Å². The monoisotopic (exact) mass is 431 g/mol. The predicted octanol–water partition coefficient (Wildman–Crippen LogP) is 4.57. The first kappa shape index (κ1) is 21.4. The van der Waals surface area contributed by atoms with E-state index in [1.165, 1.54) is 12.1 Å². The number of ether oxygens (including phenoxy) is 1. The second-order valence-electron chi connectivity index (χ2n) is 7.68. The molecule has 0 fully saturated rings. The number of halogens is 3. The fourth-order valence-corrected chi connectivity index (χ4v) is 4.26. The first-order valence-electron chi connectivity index (χ1n) is 10.3.